The number of carbonyl (C=O) groups excluding carboxylic acids is 2. The van der Waals surface area contributed by atoms with Crippen LogP contribution in [-0.4, -0.2) is 22.9 Å². The Morgan fingerprint density at radius 2 is 1.86 bits per heavy atom. The molecule has 0 aliphatic heterocycles. The van der Waals surface area contributed by atoms with Gasteiger partial charge in [-0.25, -0.2) is 4.79 Å². The molecule has 144 valence electrons. The second-order valence-electron chi connectivity index (χ2n) is 6.77. The normalized spacial score (nSPS) is 11.1. The first-order valence-electron chi connectivity index (χ1n) is 9.05. The van der Waals surface area contributed by atoms with Crippen molar-refractivity contribution in [3.63, 3.8) is 0 Å². The molecule has 0 unspecified atom stereocenters. The molecule has 0 amide bonds. The van der Waals surface area contributed by atoms with E-state index in [-0.39, 0.29) is 12.4 Å². The molecular weight excluding hydrogens is 354 g/mol. The van der Waals surface area contributed by atoms with Crippen LogP contribution in [0, 0.1) is 27.7 Å². The number of aryl methyl sites for hydroxylation is 3. The average molecular weight is 377 g/mol. The van der Waals surface area contributed by atoms with E-state index < -0.39 is 5.97 Å². The summed E-state index contributed by atoms with van der Waals surface area (Å²) in [5.41, 5.74) is 5.75. The number of esters is 1. The molecule has 0 fully saturated rings. The number of benzene rings is 1. The molecule has 3 aromatic rings. The number of hydrogen-bond acceptors (Lipinski definition) is 4. The molecule has 5 heteroatoms. The molecule has 0 bridgehead atoms. The highest BCUT2D eigenvalue weighted by Crippen LogP contribution is 2.23. The van der Waals surface area contributed by atoms with Crippen molar-refractivity contribution in [3.8, 4) is 5.69 Å². The maximum atomic E-state index is 12.6. The third kappa shape index (κ3) is 4.14. The van der Waals surface area contributed by atoms with Crippen molar-refractivity contribution in [1.82, 2.24) is 4.57 Å². The summed E-state index contributed by atoms with van der Waals surface area (Å²) < 4.78 is 12.2. The van der Waals surface area contributed by atoms with Crippen molar-refractivity contribution >= 4 is 17.8 Å². The van der Waals surface area contributed by atoms with Crippen molar-refractivity contribution in [2.24, 2.45) is 0 Å². The summed E-state index contributed by atoms with van der Waals surface area (Å²) in [4.78, 5) is 24.4. The van der Waals surface area contributed by atoms with Gasteiger partial charge in [0.05, 0.1) is 6.26 Å². The summed E-state index contributed by atoms with van der Waals surface area (Å²) in [6, 6.07) is 11.5. The van der Waals surface area contributed by atoms with Crippen molar-refractivity contribution in [1.29, 1.82) is 0 Å². The highest BCUT2D eigenvalue weighted by molar-refractivity contribution is 6.00. The number of aromatic nitrogens is 1. The largest absolute Gasteiger partial charge is 0.465 e. The number of rotatable bonds is 6. The van der Waals surface area contributed by atoms with Gasteiger partial charge in [-0.15, -0.1) is 0 Å². The lowest BCUT2D eigenvalue weighted by atomic mass is 10.1. The predicted octanol–water partition coefficient (Wildman–Crippen LogP) is 4.74. The molecule has 0 aliphatic carbocycles. The van der Waals surface area contributed by atoms with E-state index in [1.807, 2.05) is 30.5 Å². The number of hydrogen-bond donors (Lipinski definition) is 0. The molecule has 0 spiro atoms. The first-order chi connectivity index (χ1) is 13.4. The Morgan fingerprint density at radius 1 is 1.07 bits per heavy atom. The van der Waals surface area contributed by atoms with Crippen LogP contribution in [0.25, 0.3) is 11.8 Å². The van der Waals surface area contributed by atoms with Gasteiger partial charge in [0.25, 0.3) is 0 Å². The standard InChI is InChI=1S/C23H23NO4/c1-15-7-8-19(12-16(15)2)24-17(3)13-21(18(24)4)22(25)14-28-23(26)10-9-20-6-5-11-27-20/h5-13H,14H2,1-4H3. The molecule has 0 aliphatic rings. The number of ketones is 1. The van der Waals surface area contributed by atoms with Crippen LogP contribution >= 0.6 is 0 Å². The zero-order valence-corrected chi connectivity index (χ0v) is 16.5. The van der Waals surface area contributed by atoms with E-state index in [0.29, 0.717) is 11.3 Å². The fourth-order valence-corrected chi connectivity index (χ4v) is 3.11. The molecule has 0 radical (unpaired) electrons. The van der Waals surface area contributed by atoms with Gasteiger partial charge in [0.1, 0.15) is 5.76 Å². The highest BCUT2D eigenvalue weighted by atomic mass is 16.5. The smallest absolute Gasteiger partial charge is 0.331 e. The van der Waals surface area contributed by atoms with Crippen LogP contribution in [0.5, 0.6) is 0 Å². The molecule has 3 rings (SSSR count). The summed E-state index contributed by atoms with van der Waals surface area (Å²) in [7, 11) is 0. The maximum Gasteiger partial charge on any atom is 0.331 e. The Labute approximate surface area is 164 Å². The van der Waals surface area contributed by atoms with Crippen LogP contribution in [0.15, 0.2) is 53.2 Å². The molecule has 2 aromatic heterocycles. The quantitative estimate of drug-likeness (QED) is 0.353. The summed E-state index contributed by atoms with van der Waals surface area (Å²) in [5.74, 6) is -0.282. The third-order valence-electron chi connectivity index (χ3n) is 4.75. The minimum absolute atomic E-state index is 0.233. The van der Waals surface area contributed by atoms with Crippen LogP contribution in [0.3, 0.4) is 0 Å². The summed E-state index contributed by atoms with van der Waals surface area (Å²) >= 11 is 0. The summed E-state index contributed by atoms with van der Waals surface area (Å²) in [6.45, 7) is 7.68. The van der Waals surface area contributed by atoms with Crippen LogP contribution < -0.4 is 0 Å². The van der Waals surface area contributed by atoms with E-state index in [0.717, 1.165) is 17.1 Å². The highest BCUT2D eigenvalue weighted by Gasteiger charge is 2.18. The number of furan rings is 1. The fraction of sp³-hybridized carbons (Fsp3) is 0.217. The monoisotopic (exact) mass is 377 g/mol. The van der Waals surface area contributed by atoms with E-state index in [9.17, 15) is 9.59 Å². The molecule has 0 saturated heterocycles. The van der Waals surface area contributed by atoms with Gasteiger partial charge in [0.2, 0.25) is 5.78 Å². The molecule has 5 nitrogen and oxygen atoms in total. The van der Waals surface area contributed by atoms with Gasteiger partial charge in [-0.1, -0.05) is 6.07 Å². The molecule has 0 N–H and O–H groups in total. The van der Waals surface area contributed by atoms with Crippen molar-refractivity contribution in [3.05, 3.63) is 82.6 Å². The predicted molar refractivity (Wildman–Crippen MR) is 108 cm³/mol. The van der Waals surface area contributed by atoms with Gasteiger partial charge >= 0.3 is 5.97 Å². The first-order valence-corrected chi connectivity index (χ1v) is 9.05. The Hall–Kier alpha value is -3.34. The molecule has 2 heterocycles. The molecule has 28 heavy (non-hydrogen) atoms. The summed E-state index contributed by atoms with van der Waals surface area (Å²) in [5, 5.41) is 0. The second kappa shape index (κ2) is 8.13. The van der Waals surface area contributed by atoms with Gasteiger partial charge < -0.3 is 13.7 Å². The fourth-order valence-electron chi connectivity index (χ4n) is 3.11. The van der Waals surface area contributed by atoms with Crippen LogP contribution in [-0.2, 0) is 9.53 Å². The topological polar surface area (TPSA) is 61.4 Å². The van der Waals surface area contributed by atoms with Gasteiger partial charge in [-0.3, -0.25) is 4.79 Å². The Bertz CT molecular complexity index is 1040. The van der Waals surface area contributed by atoms with Crippen molar-refractivity contribution in [2.45, 2.75) is 27.7 Å². The minimum atomic E-state index is -0.590. The van der Waals surface area contributed by atoms with Crippen LogP contribution in [0.1, 0.15) is 38.6 Å². The van der Waals surface area contributed by atoms with E-state index in [1.54, 1.807) is 12.1 Å². The maximum absolute atomic E-state index is 12.6. The van der Waals surface area contributed by atoms with E-state index in [1.165, 1.54) is 29.5 Å². The van der Waals surface area contributed by atoms with E-state index in [4.69, 9.17) is 9.15 Å². The van der Waals surface area contributed by atoms with Crippen molar-refractivity contribution in [2.75, 3.05) is 6.61 Å². The first kappa shape index (κ1) is 19.4. The second-order valence-corrected chi connectivity index (χ2v) is 6.77. The van der Waals surface area contributed by atoms with Crippen LogP contribution in [0.2, 0.25) is 0 Å². The molecular formula is C23H23NO4. The van der Waals surface area contributed by atoms with Gasteiger partial charge in [-0.05, 0) is 75.2 Å². The Balaban J connectivity index is 1.72. The van der Waals surface area contributed by atoms with Gasteiger partial charge in [0, 0.05) is 28.7 Å². The lowest BCUT2D eigenvalue weighted by molar-refractivity contribution is -0.136. The number of ether oxygens (including phenoxy) is 1. The Morgan fingerprint density at radius 3 is 2.54 bits per heavy atom. The van der Waals surface area contributed by atoms with E-state index >= 15 is 0 Å². The lowest BCUT2D eigenvalue weighted by Crippen LogP contribution is -2.13. The lowest BCUT2D eigenvalue weighted by Gasteiger charge is -2.12. The summed E-state index contributed by atoms with van der Waals surface area (Å²) in [6.07, 6.45) is 4.25. The molecule has 1 aromatic carbocycles. The minimum Gasteiger partial charge on any atom is -0.465 e. The van der Waals surface area contributed by atoms with Crippen molar-refractivity contribution < 1.29 is 18.7 Å². The number of carbonyl (C=O) groups is 2. The van der Waals surface area contributed by atoms with E-state index in [2.05, 4.69) is 26.0 Å². The molecule has 0 saturated carbocycles. The van der Waals surface area contributed by atoms with Crippen LogP contribution in [0.4, 0.5) is 0 Å². The number of nitrogens with zero attached hydrogens (tertiary/aromatic N) is 1. The Kier molecular flexibility index (Phi) is 5.64. The molecule has 0 atom stereocenters. The number of Topliss-reactive ketones (excluding diaryl/α,β-unsaturated/α-hetero) is 1. The zero-order chi connectivity index (χ0) is 20.3. The zero-order valence-electron chi connectivity index (χ0n) is 16.5. The van der Waals surface area contributed by atoms with Gasteiger partial charge in [-0.2, -0.15) is 0 Å². The third-order valence-corrected chi connectivity index (χ3v) is 4.75. The SMILES string of the molecule is Cc1ccc(-n2c(C)cc(C(=O)COC(=O)C=Cc3ccco3)c2C)cc1C. The van der Waals surface area contributed by atoms with Gasteiger partial charge in [0.15, 0.2) is 6.61 Å². The average Bonchev–Trinajstić information content (AvgIpc) is 3.28.